The number of nitrogens with zero attached hydrogens (tertiary/aromatic N) is 3. The van der Waals surface area contributed by atoms with E-state index in [1.165, 1.54) is 18.9 Å². The molecule has 4 aromatic rings. The van der Waals surface area contributed by atoms with Crippen LogP contribution in [0.5, 0.6) is 0 Å². The van der Waals surface area contributed by atoms with Crippen molar-refractivity contribution in [2.75, 3.05) is 57.3 Å². The molecule has 0 unspecified atom stereocenters. The van der Waals surface area contributed by atoms with Crippen LogP contribution in [0.4, 0.5) is 11.4 Å². The average molecular weight is 509 g/mol. The van der Waals surface area contributed by atoms with E-state index < -0.39 is 0 Å². The lowest BCUT2D eigenvalue weighted by atomic mass is 10.0. The van der Waals surface area contributed by atoms with Gasteiger partial charge >= 0.3 is 5.97 Å². The first-order valence-electron chi connectivity index (χ1n) is 12.7. The van der Waals surface area contributed by atoms with Gasteiger partial charge in [0.1, 0.15) is 5.82 Å². The molecule has 0 aliphatic carbocycles. The van der Waals surface area contributed by atoms with E-state index in [9.17, 15) is 4.79 Å². The minimum atomic E-state index is -0.380. The summed E-state index contributed by atoms with van der Waals surface area (Å²) in [6.07, 6.45) is 3.15. The lowest BCUT2D eigenvalue weighted by Crippen LogP contribution is -2.36. The predicted molar refractivity (Wildman–Crippen MR) is 153 cm³/mol. The topological polar surface area (TPSA) is 70.7 Å². The monoisotopic (exact) mass is 508 g/mol. The van der Waals surface area contributed by atoms with Gasteiger partial charge in [0.2, 0.25) is 0 Å². The van der Waals surface area contributed by atoms with Gasteiger partial charge in [-0.05, 0) is 35.9 Å². The lowest BCUT2D eigenvalue weighted by molar-refractivity contribution is -0.134. The van der Waals surface area contributed by atoms with Gasteiger partial charge in [0, 0.05) is 61.3 Å². The van der Waals surface area contributed by atoms with Crippen molar-refractivity contribution in [2.45, 2.75) is 0 Å². The summed E-state index contributed by atoms with van der Waals surface area (Å²) < 4.78 is 10.2. The van der Waals surface area contributed by atoms with Crippen LogP contribution >= 0.6 is 0 Å². The van der Waals surface area contributed by atoms with Crippen molar-refractivity contribution < 1.29 is 14.3 Å². The fourth-order valence-electron chi connectivity index (χ4n) is 4.49. The van der Waals surface area contributed by atoms with Gasteiger partial charge in [-0.1, -0.05) is 48.5 Å². The maximum Gasteiger partial charge on any atom is 0.330 e. The van der Waals surface area contributed by atoms with Crippen molar-refractivity contribution in [3.63, 3.8) is 0 Å². The number of nitrogens with one attached hydrogen (secondary N) is 1. The zero-order chi connectivity index (χ0) is 26.5. The molecule has 194 valence electrons. The second-order valence-corrected chi connectivity index (χ2v) is 9.38. The van der Waals surface area contributed by atoms with Crippen molar-refractivity contribution in [2.24, 2.45) is 0 Å². The van der Waals surface area contributed by atoms with Gasteiger partial charge in [0.25, 0.3) is 0 Å². The minimum Gasteiger partial charge on any atom is -0.466 e. The van der Waals surface area contributed by atoms with Gasteiger partial charge in [-0.2, -0.15) is 0 Å². The molecule has 1 aromatic heterocycles. The maximum absolute atomic E-state index is 11.4. The highest BCUT2D eigenvalue weighted by Crippen LogP contribution is 2.35. The molecule has 7 nitrogen and oxygen atoms in total. The molecule has 0 bridgehead atoms. The Morgan fingerprint density at radius 3 is 2.18 bits per heavy atom. The number of carbonyl (C=O) groups is 1. The average Bonchev–Trinajstić information content (AvgIpc) is 3.42. The molecule has 38 heavy (non-hydrogen) atoms. The number of carbonyl (C=O) groups excluding carboxylic acids is 1. The quantitative estimate of drug-likeness (QED) is 0.263. The molecule has 7 heteroatoms. The van der Waals surface area contributed by atoms with Crippen LogP contribution in [-0.4, -0.2) is 63.4 Å². The summed E-state index contributed by atoms with van der Waals surface area (Å²) in [6, 6.07) is 25.0. The number of H-pyrrole nitrogens is 1. The number of imidazole rings is 1. The fourth-order valence-corrected chi connectivity index (χ4v) is 4.49. The summed E-state index contributed by atoms with van der Waals surface area (Å²) in [7, 11) is 5.44. The molecule has 1 aliphatic heterocycles. The predicted octanol–water partition coefficient (Wildman–Crippen LogP) is 5.50. The zero-order valence-corrected chi connectivity index (χ0v) is 22.0. The van der Waals surface area contributed by atoms with E-state index in [-0.39, 0.29) is 5.97 Å². The number of hydrogen-bond donors (Lipinski definition) is 1. The van der Waals surface area contributed by atoms with Crippen LogP contribution in [0.25, 0.3) is 40.0 Å². The minimum absolute atomic E-state index is 0.380. The van der Waals surface area contributed by atoms with E-state index in [2.05, 4.69) is 68.1 Å². The Kier molecular flexibility index (Phi) is 7.56. The third kappa shape index (κ3) is 5.63. The Balaban J connectivity index is 1.50. The molecule has 1 aliphatic rings. The fraction of sp³-hybridized carbons (Fsp3) is 0.226. The van der Waals surface area contributed by atoms with Crippen LogP contribution in [0, 0.1) is 0 Å². The number of aromatic nitrogens is 2. The summed E-state index contributed by atoms with van der Waals surface area (Å²) in [4.78, 5) is 24.5. The third-order valence-corrected chi connectivity index (χ3v) is 6.69. The molecule has 0 atom stereocenters. The first-order chi connectivity index (χ1) is 18.5. The van der Waals surface area contributed by atoms with Crippen LogP contribution in [-0.2, 0) is 14.3 Å². The van der Waals surface area contributed by atoms with E-state index in [0.29, 0.717) is 0 Å². The number of hydrogen-bond acceptors (Lipinski definition) is 6. The zero-order valence-electron chi connectivity index (χ0n) is 22.0. The van der Waals surface area contributed by atoms with Crippen molar-refractivity contribution in [1.29, 1.82) is 0 Å². The molecule has 0 saturated carbocycles. The lowest BCUT2D eigenvalue weighted by Gasteiger charge is -2.28. The molecule has 0 amide bonds. The number of morpholine rings is 1. The number of ether oxygens (including phenoxy) is 2. The summed E-state index contributed by atoms with van der Waals surface area (Å²) in [5.74, 6) is 0.404. The second kappa shape index (κ2) is 11.4. The van der Waals surface area contributed by atoms with Crippen molar-refractivity contribution in [3.05, 3.63) is 84.4 Å². The van der Waals surface area contributed by atoms with Gasteiger partial charge in [-0.3, -0.25) is 0 Å². The summed E-state index contributed by atoms with van der Waals surface area (Å²) in [6.45, 7) is 3.33. The molecular weight excluding hydrogens is 476 g/mol. The van der Waals surface area contributed by atoms with E-state index >= 15 is 0 Å². The summed E-state index contributed by atoms with van der Waals surface area (Å²) in [5, 5.41) is 0. The normalized spacial score (nSPS) is 13.6. The van der Waals surface area contributed by atoms with E-state index in [1.54, 1.807) is 6.08 Å². The van der Waals surface area contributed by atoms with Gasteiger partial charge < -0.3 is 24.3 Å². The van der Waals surface area contributed by atoms with Gasteiger partial charge in [-0.15, -0.1) is 0 Å². The van der Waals surface area contributed by atoms with Gasteiger partial charge in [-0.25, -0.2) is 9.78 Å². The Labute approximate surface area is 223 Å². The number of rotatable bonds is 7. The SMILES string of the molecule is COC(=O)C=Cc1ccc(-c2nc(-c3ccc(N(C)C)cc3)c(-c3ccc(N4CCOCC4)cc3)[nH]2)cc1. The van der Waals surface area contributed by atoms with E-state index in [4.69, 9.17) is 9.72 Å². The first kappa shape index (κ1) is 25.3. The van der Waals surface area contributed by atoms with Crippen LogP contribution in [0.15, 0.2) is 78.9 Å². The van der Waals surface area contributed by atoms with Gasteiger partial charge in [0.15, 0.2) is 0 Å². The Hall–Kier alpha value is -4.36. The molecule has 0 spiro atoms. The van der Waals surface area contributed by atoms with Crippen molar-refractivity contribution >= 4 is 23.4 Å². The smallest absolute Gasteiger partial charge is 0.330 e. The highest BCUT2D eigenvalue weighted by atomic mass is 16.5. The number of esters is 1. The van der Waals surface area contributed by atoms with E-state index in [1.807, 2.05) is 38.4 Å². The number of anilines is 2. The van der Waals surface area contributed by atoms with Crippen molar-refractivity contribution in [3.8, 4) is 33.9 Å². The van der Waals surface area contributed by atoms with Gasteiger partial charge in [0.05, 0.1) is 31.7 Å². The third-order valence-electron chi connectivity index (χ3n) is 6.69. The number of aromatic amines is 1. The van der Waals surface area contributed by atoms with Crippen molar-refractivity contribution in [1.82, 2.24) is 9.97 Å². The Bertz CT molecular complexity index is 1400. The largest absolute Gasteiger partial charge is 0.466 e. The highest BCUT2D eigenvalue weighted by molar-refractivity contribution is 5.87. The molecule has 5 rings (SSSR count). The number of methoxy groups -OCH3 is 1. The van der Waals surface area contributed by atoms with Crippen LogP contribution in [0.1, 0.15) is 5.56 Å². The van der Waals surface area contributed by atoms with E-state index in [0.717, 1.165) is 71.5 Å². The Morgan fingerprint density at radius 1 is 0.921 bits per heavy atom. The van der Waals surface area contributed by atoms with Crippen LogP contribution in [0.3, 0.4) is 0 Å². The number of benzene rings is 3. The highest BCUT2D eigenvalue weighted by Gasteiger charge is 2.17. The summed E-state index contributed by atoms with van der Waals surface area (Å²) in [5.41, 5.74) is 8.19. The second-order valence-electron chi connectivity index (χ2n) is 9.38. The standard InChI is InChI=1S/C31H32N4O3/c1-34(2)26-13-9-23(10-14-26)29-30(24-11-15-27(16-12-24)35-18-20-38-21-19-35)33-31(32-29)25-7-4-22(5-8-25)6-17-28(36)37-3/h4-17H,18-21H2,1-3H3,(H,32,33). The molecule has 2 heterocycles. The Morgan fingerprint density at radius 2 is 1.55 bits per heavy atom. The molecule has 1 fully saturated rings. The summed E-state index contributed by atoms with van der Waals surface area (Å²) >= 11 is 0. The first-order valence-corrected chi connectivity index (χ1v) is 12.7. The van der Waals surface area contributed by atoms with Crippen LogP contribution in [0.2, 0.25) is 0 Å². The molecule has 0 radical (unpaired) electrons. The molecule has 1 N–H and O–H groups in total. The maximum atomic E-state index is 11.4. The molecule has 1 saturated heterocycles. The molecular formula is C31H32N4O3. The molecule has 3 aromatic carbocycles. The van der Waals surface area contributed by atoms with Crippen LogP contribution < -0.4 is 9.80 Å².